The molecule has 1 saturated carbocycles. The van der Waals surface area contributed by atoms with Crippen LogP contribution in [0.3, 0.4) is 0 Å². The van der Waals surface area contributed by atoms with Gasteiger partial charge in [-0.15, -0.1) is 0 Å². The van der Waals surface area contributed by atoms with Crippen molar-refractivity contribution in [3.63, 3.8) is 0 Å². The van der Waals surface area contributed by atoms with E-state index in [-0.39, 0.29) is 22.9 Å². The average Bonchev–Trinajstić information content (AvgIpc) is 2.71. The van der Waals surface area contributed by atoms with Crippen molar-refractivity contribution < 1.29 is 10.0 Å². The molecule has 1 aliphatic carbocycles. The standard InChI is InChI=1S/C11H14ClN3O3/c12-10-4-8(15(17)18)5-11(14-10)13-6-7-2-1-3-9(7)16/h4-5,7,9,16H,1-3,6H2,(H,13,14). The first-order valence-electron chi connectivity index (χ1n) is 5.80. The Bertz CT molecular complexity index is 455. The number of anilines is 1. The molecule has 18 heavy (non-hydrogen) atoms. The van der Waals surface area contributed by atoms with Gasteiger partial charge in [0.05, 0.1) is 23.2 Å². The van der Waals surface area contributed by atoms with Crippen LogP contribution in [0, 0.1) is 16.0 Å². The van der Waals surface area contributed by atoms with Crippen LogP contribution in [0.5, 0.6) is 0 Å². The van der Waals surface area contributed by atoms with Gasteiger partial charge in [0.1, 0.15) is 11.0 Å². The van der Waals surface area contributed by atoms with Gasteiger partial charge in [-0.3, -0.25) is 10.1 Å². The maximum atomic E-state index is 10.7. The molecule has 0 spiro atoms. The molecule has 7 heteroatoms. The van der Waals surface area contributed by atoms with Crippen molar-refractivity contribution in [1.82, 2.24) is 4.98 Å². The zero-order chi connectivity index (χ0) is 13.1. The predicted octanol–water partition coefficient (Wildman–Crippen LogP) is 2.22. The third kappa shape index (κ3) is 3.08. The van der Waals surface area contributed by atoms with Crippen LogP contribution in [0.4, 0.5) is 11.5 Å². The molecule has 1 heterocycles. The number of nitrogens with zero attached hydrogens (tertiary/aromatic N) is 2. The van der Waals surface area contributed by atoms with Gasteiger partial charge in [0.2, 0.25) is 0 Å². The van der Waals surface area contributed by atoms with E-state index >= 15 is 0 Å². The number of nitro groups is 1. The van der Waals surface area contributed by atoms with Gasteiger partial charge in [-0.25, -0.2) is 4.98 Å². The molecule has 0 radical (unpaired) electrons. The van der Waals surface area contributed by atoms with Gasteiger partial charge in [-0.1, -0.05) is 18.0 Å². The molecule has 2 atom stereocenters. The summed E-state index contributed by atoms with van der Waals surface area (Å²) in [6.07, 6.45) is 2.48. The number of pyridine rings is 1. The summed E-state index contributed by atoms with van der Waals surface area (Å²) in [6, 6.07) is 2.55. The second-order valence-corrected chi connectivity index (χ2v) is 4.82. The highest BCUT2D eigenvalue weighted by atomic mass is 35.5. The maximum Gasteiger partial charge on any atom is 0.276 e. The lowest BCUT2D eigenvalue weighted by Gasteiger charge is -2.15. The molecular formula is C11H14ClN3O3. The van der Waals surface area contributed by atoms with Crippen LogP contribution in [-0.4, -0.2) is 27.7 Å². The van der Waals surface area contributed by atoms with Gasteiger partial charge in [-0.2, -0.15) is 0 Å². The number of halogens is 1. The van der Waals surface area contributed by atoms with E-state index in [0.29, 0.717) is 12.4 Å². The Balaban J connectivity index is 2.02. The summed E-state index contributed by atoms with van der Waals surface area (Å²) in [4.78, 5) is 14.1. The lowest BCUT2D eigenvalue weighted by atomic mass is 10.1. The van der Waals surface area contributed by atoms with Gasteiger partial charge in [0.25, 0.3) is 5.69 Å². The highest BCUT2D eigenvalue weighted by molar-refractivity contribution is 6.29. The van der Waals surface area contributed by atoms with Crippen LogP contribution in [0.25, 0.3) is 0 Å². The van der Waals surface area contributed by atoms with Crippen molar-refractivity contribution in [2.45, 2.75) is 25.4 Å². The van der Waals surface area contributed by atoms with Gasteiger partial charge >= 0.3 is 0 Å². The van der Waals surface area contributed by atoms with Crippen molar-refractivity contribution in [3.8, 4) is 0 Å². The van der Waals surface area contributed by atoms with Crippen molar-refractivity contribution in [2.24, 2.45) is 5.92 Å². The third-order valence-corrected chi connectivity index (χ3v) is 3.35. The maximum absolute atomic E-state index is 10.7. The Kier molecular flexibility index (Phi) is 3.98. The minimum atomic E-state index is -0.511. The smallest absolute Gasteiger partial charge is 0.276 e. The number of nitrogens with one attached hydrogen (secondary N) is 1. The second kappa shape index (κ2) is 5.49. The van der Waals surface area contributed by atoms with Crippen LogP contribution in [-0.2, 0) is 0 Å². The fraction of sp³-hybridized carbons (Fsp3) is 0.545. The van der Waals surface area contributed by atoms with Crippen LogP contribution < -0.4 is 5.32 Å². The summed E-state index contributed by atoms with van der Waals surface area (Å²) in [7, 11) is 0. The van der Waals surface area contributed by atoms with E-state index in [0.717, 1.165) is 19.3 Å². The summed E-state index contributed by atoms with van der Waals surface area (Å²) >= 11 is 5.71. The first-order chi connectivity index (χ1) is 8.56. The molecule has 0 aliphatic heterocycles. The van der Waals surface area contributed by atoms with Crippen LogP contribution in [0.2, 0.25) is 5.15 Å². The fourth-order valence-electron chi connectivity index (χ4n) is 2.17. The van der Waals surface area contributed by atoms with E-state index in [9.17, 15) is 15.2 Å². The largest absolute Gasteiger partial charge is 0.393 e. The minimum Gasteiger partial charge on any atom is -0.393 e. The Hall–Kier alpha value is -1.40. The number of hydrogen-bond donors (Lipinski definition) is 2. The molecular weight excluding hydrogens is 258 g/mol. The predicted molar refractivity (Wildman–Crippen MR) is 67.7 cm³/mol. The number of aliphatic hydroxyl groups excluding tert-OH is 1. The lowest BCUT2D eigenvalue weighted by molar-refractivity contribution is -0.384. The number of rotatable bonds is 4. The zero-order valence-corrected chi connectivity index (χ0v) is 10.4. The molecule has 1 aromatic heterocycles. The van der Waals surface area contributed by atoms with Crippen LogP contribution >= 0.6 is 11.6 Å². The van der Waals surface area contributed by atoms with Crippen molar-refractivity contribution in [2.75, 3.05) is 11.9 Å². The van der Waals surface area contributed by atoms with E-state index in [2.05, 4.69) is 10.3 Å². The molecule has 0 bridgehead atoms. The van der Waals surface area contributed by atoms with Crippen molar-refractivity contribution in [1.29, 1.82) is 0 Å². The van der Waals surface area contributed by atoms with Gasteiger partial charge in [0, 0.05) is 12.5 Å². The van der Waals surface area contributed by atoms with Gasteiger partial charge in [-0.05, 0) is 12.8 Å². The van der Waals surface area contributed by atoms with Crippen LogP contribution in [0.15, 0.2) is 12.1 Å². The fourth-order valence-corrected chi connectivity index (χ4v) is 2.37. The summed E-state index contributed by atoms with van der Waals surface area (Å²) in [5.41, 5.74) is -0.0931. The normalized spacial score (nSPS) is 23.0. The number of aliphatic hydroxyl groups is 1. The Morgan fingerprint density at radius 2 is 2.33 bits per heavy atom. The zero-order valence-electron chi connectivity index (χ0n) is 9.67. The third-order valence-electron chi connectivity index (χ3n) is 3.15. The quantitative estimate of drug-likeness (QED) is 0.498. The molecule has 1 aromatic rings. The SMILES string of the molecule is O=[N+]([O-])c1cc(Cl)nc(NCC2CCCC2O)c1. The molecule has 0 amide bonds. The van der Waals surface area contributed by atoms with Crippen molar-refractivity contribution in [3.05, 3.63) is 27.4 Å². The average molecular weight is 272 g/mol. The first kappa shape index (κ1) is 13.0. The minimum absolute atomic E-state index is 0.0821. The molecule has 2 N–H and O–H groups in total. The highest BCUT2D eigenvalue weighted by Crippen LogP contribution is 2.26. The van der Waals surface area contributed by atoms with Crippen molar-refractivity contribution >= 4 is 23.1 Å². The molecule has 2 unspecified atom stereocenters. The van der Waals surface area contributed by atoms with E-state index in [1.165, 1.54) is 12.1 Å². The van der Waals surface area contributed by atoms with Crippen LogP contribution in [0.1, 0.15) is 19.3 Å². The summed E-state index contributed by atoms with van der Waals surface area (Å²) in [5, 5.41) is 23.4. The molecule has 2 rings (SSSR count). The second-order valence-electron chi connectivity index (χ2n) is 4.43. The molecule has 0 aromatic carbocycles. The first-order valence-corrected chi connectivity index (χ1v) is 6.18. The molecule has 0 saturated heterocycles. The Labute approximate surface area is 109 Å². The summed E-state index contributed by atoms with van der Waals surface area (Å²) in [5.74, 6) is 0.540. The van der Waals surface area contributed by atoms with Gasteiger partial charge in [0.15, 0.2) is 0 Å². The van der Waals surface area contributed by atoms with E-state index < -0.39 is 4.92 Å². The summed E-state index contributed by atoms with van der Waals surface area (Å²) < 4.78 is 0. The van der Waals surface area contributed by atoms with Gasteiger partial charge < -0.3 is 10.4 Å². The number of hydrogen-bond acceptors (Lipinski definition) is 5. The van der Waals surface area contributed by atoms with E-state index in [4.69, 9.17) is 11.6 Å². The summed E-state index contributed by atoms with van der Waals surface area (Å²) in [6.45, 7) is 0.547. The molecule has 1 fully saturated rings. The number of aromatic nitrogens is 1. The highest BCUT2D eigenvalue weighted by Gasteiger charge is 2.25. The topological polar surface area (TPSA) is 88.3 Å². The monoisotopic (exact) mass is 271 g/mol. The van der Waals surface area contributed by atoms with E-state index in [1.54, 1.807) is 0 Å². The molecule has 6 nitrogen and oxygen atoms in total. The Morgan fingerprint density at radius 3 is 2.94 bits per heavy atom. The molecule has 1 aliphatic rings. The molecule has 98 valence electrons. The van der Waals surface area contributed by atoms with E-state index in [1.807, 2.05) is 0 Å². The lowest BCUT2D eigenvalue weighted by Crippen LogP contribution is -2.22. The Morgan fingerprint density at radius 1 is 1.56 bits per heavy atom.